The Balaban J connectivity index is 1.56. The fraction of sp³-hybridized carbons (Fsp3) is 0.615. The first-order valence-electron chi connectivity index (χ1n) is 11.8. The molecule has 3 heteroatoms. The lowest BCUT2D eigenvalue weighted by atomic mass is 9.79. The van der Waals surface area contributed by atoms with E-state index in [9.17, 15) is 4.39 Å². The van der Waals surface area contributed by atoms with Crippen LogP contribution in [0.4, 0.5) is 4.39 Å². The van der Waals surface area contributed by atoms with Gasteiger partial charge in [-0.05, 0) is 61.6 Å². The van der Waals surface area contributed by atoms with Gasteiger partial charge in [0, 0.05) is 23.9 Å². The molecule has 2 aromatic rings. The van der Waals surface area contributed by atoms with Gasteiger partial charge < -0.3 is 0 Å². The summed E-state index contributed by atoms with van der Waals surface area (Å²) in [6, 6.07) is 5.57. The number of halogens is 1. The topological polar surface area (TPSA) is 25.8 Å². The zero-order chi connectivity index (χ0) is 20.5. The molecule has 0 radical (unpaired) electrons. The highest BCUT2D eigenvalue weighted by molar-refractivity contribution is 5.62. The molecule has 1 saturated carbocycles. The van der Waals surface area contributed by atoms with Crippen molar-refractivity contribution in [2.45, 2.75) is 96.8 Å². The molecule has 158 valence electrons. The van der Waals surface area contributed by atoms with Gasteiger partial charge in [-0.15, -0.1) is 0 Å². The molecule has 0 unspecified atom stereocenters. The predicted octanol–water partition coefficient (Wildman–Crippen LogP) is 7.87. The number of hydrogen-bond acceptors (Lipinski definition) is 2. The largest absolute Gasteiger partial charge is 0.240 e. The van der Waals surface area contributed by atoms with Crippen molar-refractivity contribution in [2.24, 2.45) is 5.92 Å². The Labute approximate surface area is 176 Å². The van der Waals surface area contributed by atoms with Gasteiger partial charge in [-0.25, -0.2) is 14.4 Å². The van der Waals surface area contributed by atoms with E-state index >= 15 is 0 Å². The normalized spacial score (nSPS) is 19.4. The highest BCUT2D eigenvalue weighted by Crippen LogP contribution is 2.36. The molecule has 1 fully saturated rings. The van der Waals surface area contributed by atoms with Gasteiger partial charge >= 0.3 is 0 Å². The Morgan fingerprint density at radius 3 is 2.21 bits per heavy atom. The molecular formula is C26H37FN2. The van der Waals surface area contributed by atoms with Crippen LogP contribution in [-0.4, -0.2) is 9.97 Å². The summed E-state index contributed by atoms with van der Waals surface area (Å²) < 4.78 is 14.4. The summed E-state index contributed by atoms with van der Waals surface area (Å²) in [7, 11) is 0. The van der Waals surface area contributed by atoms with E-state index in [-0.39, 0.29) is 5.82 Å². The van der Waals surface area contributed by atoms with E-state index in [1.165, 1.54) is 51.4 Å². The Hall–Kier alpha value is -1.77. The summed E-state index contributed by atoms with van der Waals surface area (Å²) in [5.41, 5.74) is 2.59. The fourth-order valence-corrected chi connectivity index (χ4v) is 4.59. The minimum absolute atomic E-state index is 0.107. The third-order valence-electron chi connectivity index (χ3n) is 6.54. The Bertz CT molecular complexity index is 733. The molecule has 29 heavy (non-hydrogen) atoms. The van der Waals surface area contributed by atoms with E-state index in [1.54, 1.807) is 6.07 Å². The standard InChI is InChI=1S/C26H37FN2/c1-3-5-7-9-20-11-13-22(14-12-20)26-28-18-24(19-29-26)23-16-15-21(25(27)17-23)10-8-6-4-2/h15-20,22H,3-14H2,1-2H3. The molecule has 1 aliphatic carbocycles. The molecule has 0 bridgehead atoms. The van der Waals surface area contributed by atoms with Gasteiger partial charge in [-0.1, -0.05) is 64.5 Å². The molecule has 0 spiro atoms. The summed E-state index contributed by atoms with van der Waals surface area (Å²) in [5.74, 6) is 2.25. The monoisotopic (exact) mass is 396 g/mol. The zero-order valence-electron chi connectivity index (χ0n) is 18.3. The number of hydrogen-bond donors (Lipinski definition) is 0. The van der Waals surface area contributed by atoms with Gasteiger partial charge in [0.25, 0.3) is 0 Å². The van der Waals surface area contributed by atoms with Gasteiger partial charge in [-0.3, -0.25) is 0 Å². The average Bonchev–Trinajstić information content (AvgIpc) is 2.76. The number of aryl methyl sites for hydroxylation is 1. The lowest BCUT2D eigenvalue weighted by molar-refractivity contribution is 0.297. The molecule has 1 aliphatic rings. The first-order chi connectivity index (χ1) is 14.2. The summed E-state index contributed by atoms with van der Waals surface area (Å²) in [4.78, 5) is 9.32. The van der Waals surface area contributed by atoms with E-state index in [0.717, 1.165) is 54.1 Å². The van der Waals surface area contributed by atoms with Crippen molar-refractivity contribution in [2.75, 3.05) is 0 Å². The second-order valence-electron chi connectivity index (χ2n) is 8.81. The van der Waals surface area contributed by atoms with E-state index < -0.39 is 0 Å². The minimum atomic E-state index is -0.107. The fourth-order valence-electron chi connectivity index (χ4n) is 4.59. The van der Waals surface area contributed by atoms with Crippen LogP contribution >= 0.6 is 0 Å². The maximum atomic E-state index is 14.4. The second kappa shape index (κ2) is 11.4. The zero-order valence-corrected chi connectivity index (χ0v) is 18.3. The van der Waals surface area contributed by atoms with E-state index in [1.807, 2.05) is 24.5 Å². The van der Waals surface area contributed by atoms with Crippen molar-refractivity contribution >= 4 is 0 Å². The SMILES string of the molecule is CCCCCc1ccc(-c2cnc(C3CCC(CCCCC)CC3)nc2)cc1F. The molecule has 3 rings (SSSR count). The predicted molar refractivity (Wildman–Crippen MR) is 119 cm³/mol. The third kappa shape index (κ3) is 6.35. The molecule has 1 aromatic heterocycles. The van der Waals surface area contributed by atoms with E-state index in [2.05, 4.69) is 23.8 Å². The summed E-state index contributed by atoms with van der Waals surface area (Å²) in [6.07, 6.45) is 18.4. The number of rotatable bonds is 10. The van der Waals surface area contributed by atoms with Crippen molar-refractivity contribution in [3.63, 3.8) is 0 Å². The molecule has 1 heterocycles. The van der Waals surface area contributed by atoms with Crippen molar-refractivity contribution < 1.29 is 4.39 Å². The summed E-state index contributed by atoms with van der Waals surface area (Å²) in [6.45, 7) is 4.44. The van der Waals surface area contributed by atoms with Gasteiger partial charge in [0.2, 0.25) is 0 Å². The van der Waals surface area contributed by atoms with Crippen molar-refractivity contribution in [1.82, 2.24) is 9.97 Å². The van der Waals surface area contributed by atoms with Crippen LogP contribution < -0.4 is 0 Å². The lowest BCUT2D eigenvalue weighted by Crippen LogP contribution is -2.15. The quantitative estimate of drug-likeness (QED) is 0.382. The smallest absolute Gasteiger partial charge is 0.131 e. The van der Waals surface area contributed by atoms with Crippen LogP contribution in [0.15, 0.2) is 30.6 Å². The van der Waals surface area contributed by atoms with Crippen molar-refractivity contribution in [1.29, 1.82) is 0 Å². The molecule has 0 atom stereocenters. The summed E-state index contributed by atoms with van der Waals surface area (Å²) in [5, 5.41) is 0. The molecule has 1 aromatic carbocycles. The number of aromatic nitrogens is 2. The van der Waals surface area contributed by atoms with E-state index in [4.69, 9.17) is 0 Å². The molecule has 0 aliphatic heterocycles. The molecule has 0 N–H and O–H groups in total. The first-order valence-corrected chi connectivity index (χ1v) is 11.8. The lowest BCUT2D eigenvalue weighted by Gasteiger charge is -2.27. The maximum Gasteiger partial charge on any atom is 0.131 e. The average molecular weight is 397 g/mol. The van der Waals surface area contributed by atoms with Crippen molar-refractivity contribution in [3.05, 3.63) is 47.8 Å². The molecular weight excluding hydrogens is 359 g/mol. The van der Waals surface area contributed by atoms with Crippen LogP contribution in [0.1, 0.15) is 102 Å². The highest BCUT2D eigenvalue weighted by atomic mass is 19.1. The first kappa shape index (κ1) is 21.9. The van der Waals surface area contributed by atoms with Crippen molar-refractivity contribution in [3.8, 4) is 11.1 Å². The van der Waals surface area contributed by atoms with Gasteiger partial charge in [0.05, 0.1) is 0 Å². The Morgan fingerprint density at radius 1 is 0.862 bits per heavy atom. The summed E-state index contributed by atoms with van der Waals surface area (Å²) >= 11 is 0. The Morgan fingerprint density at radius 2 is 1.55 bits per heavy atom. The molecule has 2 nitrogen and oxygen atoms in total. The van der Waals surface area contributed by atoms with Gasteiger partial charge in [0.15, 0.2) is 0 Å². The minimum Gasteiger partial charge on any atom is -0.240 e. The second-order valence-corrected chi connectivity index (χ2v) is 8.81. The van der Waals surface area contributed by atoms with Crippen LogP contribution in [0.25, 0.3) is 11.1 Å². The number of benzene rings is 1. The molecule has 0 saturated heterocycles. The van der Waals surface area contributed by atoms with Crippen LogP contribution in [0, 0.1) is 11.7 Å². The molecule has 0 amide bonds. The van der Waals surface area contributed by atoms with Crippen LogP contribution in [0.5, 0.6) is 0 Å². The van der Waals surface area contributed by atoms with Crippen LogP contribution in [-0.2, 0) is 6.42 Å². The van der Waals surface area contributed by atoms with Gasteiger partial charge in [-0.2, -0.15) is 0 Å². The third-order valence-corrected chi connectivity index (χ3v) is 6.54. The highest BCUT2D eigenvalue weighted by Gasteiger charge is 2.23. The Kier molecular flexibility index (Phi) is 8.64. The van der Waals surface area contributed by atoms with Crippen LogP contribution in [0.2, 0.25) is 0 Å². The van der Waals surface area contributed by atoms with Crippen LogP contribution in [0.3, 0.4) is 0 Å². The van der Waals surface area contributed by atoms with Gasteiger partial charge in [0.1, 0.15) is 11.6 Å². The maximum absolute atomic E-state index is 14.4. The van der Waals surface area contributed by atoms with E-state index in [0.29, 0.717) is 5.92 Å². The number of nitrogens with zero attached hydrogens (tertiary/aromatic N) is 2. The number of unbranched alkanes of at least 4 members (excludes halogenated alkanes) is 4.